The van der Waals surface area contributed by atoms with Crippen LogP contribution in [0.15, 0.2) is 27.9 Å². The van der Waals surface area contributed by atoms with Crippen LogP contribution in [-0.2, 0) is 16.6 Å². The number of halogens is 3. The summed E-state index contributed by atoms with van der Waals surface area (Å²) >= 11 is 0.112. The molecule has 1 aromatic carbocycles. The summed E-state index contributed by atoms with van der Waals surface area (Å²) in [5.74, 6) is 0. The third-order valence-corrected chi connectivity index (χ3v) is 7.62. The Morgan fingerprint density at radius 2 is 1.94 bits per heavy atom. The van der Waals surface area contributed by atoms with E-state index in [1.165, 1.54) is 16.7 Å². The van der Waals surface area contributed by atoms with Gasteiger partial charge in [-0.05, 0) is 69.9 Å². The largest absolute Gasteiger partial charge is 0.335 e. The Morgan fingerprint density at radius 3 is 2.48 bits per heavy atom. The molecule has 182 valence electrons. The van der Waals surface area contributed by atoms with Crippen LogP contribution in [0.4, 0.5) is 13.2 Å². The summed E-state index contributed by atoms with van der Waals surface area (Å²) in [6.45, 7) is 0.0571. The summed E-state index contributed by atoms with van der Waals surface area (Å²) in [6.07, 6.45) is -1.81. The maximum Gasteiger partial charge on any atom is 0.335 e. The van der Waals surface area contributed by atoms with Gasteiger partial charge in [-0.25, -0.2) is 35.7 Å². The lowest BCUT2D eigenvalue weighted by atomic mass is 10.3. The third kappa shape index (κ3) is 5.50. The SMILES string of the molecule is CN(C)CCCn1c(=O)n(C(=N)SC(=N)C(F)F)c2cc(S(=O)(=O)NC3(CF)CC3)ccc21. The van der Waals surface area contributed by atoms with E-state index >= 15 is 0 Å². The van der Waals surface area contributed by atoms with Crippen LogP contribution >= 0.6 is 11.8 Å². The Hall–Kier alpha value is -2.16. The number of hydrogen-bond donors (Lipinski definition) is 3. The minimum Gasteiger partial charge on any atom is -0.309 e. The van der Waals surface area contributed by atoms with Crippen molar-refractivity contribution >= 4 is 43.0 Å². The molecule has 1 heterocycles. The molecule has 0 unspecified atom stereocenters. The summed E-state index contributed by atoms with van der Waals surface area (Å²) in [4.78, 5) is 14.8. The van der Waals surface area contributed by atoms with E-state index in [-0.39, 0.29) is 28.7 Å². The fraction of sp³-hybridized carbons (Fsp3) is 0.526. The highest BCUT2D eigenvalue weighted by Crippen LogP contribution is 2.37. The van der Waals surface area contributed by atoms with Crippen LogP contribution in [0.1, 0.15) is 19.3 Å². The van der Waals surface area contributed by atoms with Gasteiger partial charge in [-0.1, -0.05) is 0 Å². The summed E-state index contributed by atoms with van der Waals surface area (Å²) in [5.41, 5.74) is -1.48. The van der Waals surface area contributed by atoms with Gasteiger partial charge in [0.2, 0.25) is 10.0 Å². The summed E-state index contributed by atoms with van der Waals surface area (Å²) in [5, 5.41) is 13.7. The van der Waals surface area contributed by atoms with Crippen LogP contribution in [0.5, 0.6) is 0 Å². The van der Waals surface area contributed by atoms with Crippen LogP contribution in [-0.4, -0.2) is 71.9 Å². The Kier molecular flexibility index (Phi) is 7.41. The van der Waals surface area contributed by atoms with Crippen LogP contribution in [0.2, 0.25) is 0 Å². The van der Waals surface area contributed by atoms with Gasteiger partial charge in [0.05, 0.1) is 21.5 Å². The first-order chi connectivity index (χ1) is 15.4. The number of aromatic nitrogens is 2. The van der Waals surface area contributed by atoms with Crippen molar-refractivity contribution in [2.24, 2.45) is 0 Å². The number of nitrogens with one attached hydrogen (secondary N) is 3. The average molecular weight is 507 g/mol. The molecule has 9 nitrogen and oxygen atoms in total. The molecule has 1 aliphatic carbocycles. The number of hydrogen-bond acceptors (Lipinski definition) is 7. The first-order valence-corrected chi connectivity index (χ1v) is 12.3. The fourth-order valence-corrected chi connectivity index (χ4v) is 5.34. The van der Waals surface area contributed by atoms with Crippen molar-refractivity contribution in [2.45, 2.75) is 42.7 Å². The van der Waals surface area contributed by atoms with Gasteiger partial charge in [-0.3, -0.25) is 15.4 Å². The van der Waals surface area contributed by atoms with Crippen LogP contribution in [0, 0.1) is 10.8 Å². The molecule has 1 fully saturated rings. The first kappa shape index (κ1) is 25.5. The number of benzene rings is 1. The second kappa shape index (κ2) is 9.60. The van der Waals surface area contributed by atoms with Gasteiger partial charge < -0.3 is 4.90 Å². The molecule has 1 aromatic heterocycles. The van der Waals surface area contributed by atoms with Crippen molar-refractivity contribution in [3.8, 4) is 0 Å². The standard InChI is InChI=1S/C19H25F3N6O3S2/c1-26(2)8-3-9-27-13-5-4-12(33(30,31)25-19(11-20)6-7-19)10-14(13)28(18(27)29)17(24)32-16(23)15(21)22/h4-5,10,15,23-25H,3,6-9,11H2,1-2H3. The summed E-state index contributed by atoms with van der Waals surface area (Å²) < 4.78 is 69.0. The molecule has 3 rings (SSSR count). The lowest BCUT2D eigenvalue weighted by molar-refractivity contribution is 0.228. The molecular formula is C19H25F3N6O3S2. The summed E-state index contributed by atoms with van der Waals surface area (Å²) in [6, 6.07) is 3.85. The lowest BCUT2D eigenvalue weighted by Gasteiger charge is -2.14. The van der Waals surface area contributed by atoms with Gasteiger partial charge in [-0.2, -0.15) is 0 Å². The zero-order valence-corrected chi connectivity index (χ0v) is 19.7. The van der Waals surface area contributed by atoms with Gasteiger partial charge in [0.15, 0.2) is 5.17 Å². The maximum atomic E-state index is 13.2. The van der Waals surface area contributed by atoms with E-state index in [2.05, 4.69) is 4.72 Å². The third-order valence-electron chi connectivity index (χ3n) is 5.27. The van der Waals surface area contributed by atoms with E-state index in [0.717, 1.165) is 10.6 Å². The van der Waals surface area contributed by atoms with E-state index in [0.29, 0.717) is 31.3 Å². The van der Waals surface area contributed by atoms with Crippen LogP contribution in [0.25, 0.3) is 11.0 Å². The monoisotopic (exact) mass is 506 g/mol. The Bertz CT molecular complexity index is 1240. The molecule has 0 amide bonds. The zero-order chi connectivity index (χ0) is 24.6. The van der Waals surface area contributed by atoms with Crippen molar-refractivity contribution < 1.29 is 21.6 Å². The highest BCUT2D eigenvalue weighted by molar-refractivity contribution is 8.26. The average Bonchev–Trinajstić information content (AvgIpc) is 3.44. The maximum absolute atomic E-state index is 13.2. The van der Waals surface area contributed by atoms with E-state index in [1.807, 2.05) is 19.0 Å². The molecule has 0 aliphatic heterocycles. The van der Waals surface area contributed by atoms with Crippen molar-refractivity contribution in [1.29, 1.82) is 10.8 Å². The van der Waals surface area contributed by atoms with E-state index in [9.17, 15) is 26.4 Å². The smallest absolute Gasteiger partial charge is 0.309 e. The van der Waals surface area contributed by atoms with E-state index in [1.54, 1.807) is 0 Å². The highest BCUT2D eigenvalue weighted by atomic mass is 32.2. The van der Waals surface area contributed by atoms with Crippen LogP contribution in [0.3, 0.4) is 0 Å². The van der Waals surface area contributed by atoms with Gasteiger partial charge >= 0.3 is 5.69 Å². The van der Waals surface area contributed by atoms with Crippen molar-refractivity contribution in [2.75, 3.05) is 27.3 Å². The zero-order valence-electron chi connectivity index (χ0n) is 18.1. The second-order valence-corrected chi connectivity index (χ2v) is 10.9. The fourth-order valence-electron chi connectivity index (χ4n) is 3.31. The number of imidazole rings is 1. The number of nitrogens with zero attached hydrogens (tertiary/aromatic N) is 3. The highest BCUT2D eigenvalue weighted by Gasteiger charge is 2.46. The predicted molar refractivity (Wildman–Crippen MR) is 122 cm³/mol. The minimum atomic E-state index is -4.13. The molecule has 3 N–H and O–H groups in total. The normalized spacial score (nSPS) is 15.5. The number of rotatable bonds is 9. The molecule has 0 atom stereocenters. The number of thioether (sulfide) groups is 1. The number of sulfonamides is 1. The molecule has 1 saturated carbocycles. The Balaban J connectivity index is 2.08. The molecular weight excluding hydrogens is 481 g/mol. The van der Waals surface area contributed by atoms with E-state index in [4.69, 9.17) is 10.8 Å². The molecule has 0 bridgehead atoms. The van der Waals surface area contributed by atoms with Gasteiger partial charge in [0.25, 0.3) is 6.43 Å². The molecule has 0 saturated heterocycles. The topological polar surface area (TPSA) is 124 Å². The Morgan fingerprint density at radius 1 is 1.27 bits per heavy atom. The van der Waals surface area contributed by atoms with Crippen LogP contribution < -0.4 is 10.4 Å². The molecule has 0 radical (unpaired) electrons. The molecule has 0 spiro atoms. The summed E-state index contributed by atoms with van der Waals surface area (Å²) in [7, 11) is -0.403. The first-order valence-electron chi connectivity index (χ1n) is 10.0. The number of fused-ring (bicyclic) bond motifs is 1. The molecule has 14 heteroatoms. The molecule has 1 aliphatic rings. The second-order valence-electron chi connectivity index (χ2n) is 8.17. The lowest BCUT2D eigenvalue weighted by Crippen LogP contribution is -2.38. The van der Waals surface area contributed by atoms with E-state index < -0.39 is 44.6 Å². The number of alkyl halides is 3. The number of aryl methyl sites for hydroxylation is 1. The van der Waals surface area contributed by atoms with Gasteiger partial charge in [0.1, 0.15) is 11.7 Å². The van der Waals surface area contributed by atoms with Crippen molar-refractivity contribution in [3.63, 3.8) is 0 Å². The van der Waals surface area contributed by atoms with Crippen molar-refractivity contribution in [1.82, 2.24) is 18.8 Å². The predicted octanol–water partition coefficient (Wildman–Crippen LogP) is 2.29. The minimum absolute atomic E-state index is 0.0254. The molecule has 33 heavy (non-hydrogen) atoms. The van der Waals surface area contributed by atoms with Gasteiger partial charge in [-0.15, -0.1) is 0 Å². The van der Waals surface area contributed by atoms with Gasteiger partial charge in [0, 0.05) is 6.54 Å². The Labute approximate surface area is 193 Å². The molecule has 2 aromatic rings. The van der Waals surface area contributed by atoms with Crippen molar-refractivity contribution in [3.05, 3.63) is 28.7 Å². The quantitative estimate of drug-likeness (QED) is 0.356.